The van der Waals surface area contributed by atoms with E-state index in [4.69, 9.17) is 0 Å². The van der Waals surface area contributed by atoms with Crippen molar-refractivity contribution < 1.29 is 0 Å². The van der Waals surface area contributed by atoms with Gasteiger partial charge in [-0.3, -0.25) is 4.90 Å². The molecule has 0 bridgehead atoms. The number of hydrogen-bond donors (Lipinski definition) is 0. The van der Waals surface area contributed by atoms with Crippen molar-refractivity contribution in [1.29, 1.82) is 0 Å². The van der Waals surface area contributed by atoms with E-state index in [-0.39, 0.29) is 0 Å². The summed E-state index contributed by atoms with van der Waals surface area (Å²) < 4.78 is 0. The summed E-state index contributed by atoms with van der Waals surface area (Å²) in [4.78, 5) is 2.51. The second kappa shape index (κ2) is 4.80. The minimum atomic E-state index is 0.662. The Hall–Kier alpha value is -0.820. The molecule has 0 spiro atoms. The highest BCUT2D eigenvalue weighted by Gasteiger charge is 2.21. The smallest absolute Gasteiger partial charge is 0.0347 e. The van der Waals surface area contributed by atoms with E-state index in [0.29, 0.717) is 6.04 Å². The Bertz CT molecular complexity index is 319. The first-order valence-corrected chi connectivity index (χ1v) is 6.11. The number of aryl methyl sites for hydroxylation is 1. The van der Waals surface area contributed by atoms with Crippen LogP contribution in [-0.4, -0.2) is 18.5 Å². The molecule has 0 radical (unpaired) electrons. The Labute approximate surface area is 93.1 Å². The summed E-state index contributed by atoms with van der Waals surface area (Å²) in [5.74, 6) is 0. The van der Waals surface area contributed by atoms with Crippen molar-refractivity contribution in [2.24, 2.45) is 0 Å². The third kappa shape index (κ3) is 2.23. The molecule has 0 N–H and O–H groups in total. The lowest BCUT2D eigenvalue weighted by Crippen LogP contribution is -2.30. The zero-order valence-electron chi connectivity index (χ0n) is 9.87. The predicted octanol–water partition coefficient (Wildman–Crippen LogP) is 3.41. The maximum Gasteiger partial charge on any atom is 0.0347 e. The van der Waals surface area contributed by atoms with Gasteiger partial charge in [-0.05, 0) is 44.0 Å². The average Bonchev–Trinajstić information content (AvgIpc) is 2.30. The molecule has 1 aromatic carbocycles. The van der Waals surface area contributed by atoms with Crippen molar-refractivity contribution in [2.75, 3.05) is 13.6 Å². The van der Waals surface area contributed by atoms with Gasteiger partial charge in [0.05, 0.1) is 0 Å². The van der Waals surface area contributed by atoms with Gasteiger partial charge in [-0.2, -0.15) is 0 Å². The van der Waals surface area contributed by atoms with Crippen molar-refractivity contribution >= 4 is 0 Å². The molecule has 0 aliphatic carbocycles. The number of benzene rings is 1. The van der Waals surface area contributed by atoms with Crippen molar-refractivity contribution in [3.05, 3.63) is 35.4 Å². The molecule has 0 amide bonds. The van der Waals surface area contributed by atoms with Crippen molar-refractivity contribution in [1.82, 2.24) is 4.90 Å². The van der Waals surface area contributed by atoms with Crippen LogP contribution in [0.15, 0.2) is 24.3 Å². The summed E-state index contributed by atoms with van der Waals surface area (Å²) in [5, 5.41) is 0. The van der Waals surface area contributed by atoms with Crippen LogP contribution in [0.3, 0.4) is 0 Å². The molecule has 1 unspecified atom stereocenters. The van der Waals surface area contributed by atoms with Gasteiger partial charge >= 0.3 is 0 Å². The predicted molar refractivity (Wildman–Crippen MR) is 65.0 cm³/mol. The van der Waals surface area contributed by atoms with E-state index in [9.17, 15) is 0 Å². The maximum atomic E-state index is 2.51. The SMILES string of the molecule is CCc1ccccc1C1CCCCN1C. The minimum absolute atomic E-state index is 0.662. The van der Waals surface area contributed by atoms with Gasteiger partial charge in [0.2, 0.25) is 0 Å². The third-order valence-corrected chi connectivity index (χ3v) is 3.57. The van der Waals surface area contributed by atoms with E-state index in [1.54, 1.807) is 5.56 Å². The molecule has 0 aromatic heterocycles. The van der Waals surface area contributed by atoms with Gasteiger partial charge in [0.1, 0.15) is 0 Å². The summed E-state index contributed by atoms with van der Waals surface area (Å²) in [6, 6.07) is 9.58. The fourth-order valence-electron chi connectivity index (χ4n) is 2.65. The zero-order valence-corrected chi connectivity index (χ0v) is 9.87. The highest BCUT2D eigenvalue weighted by Crippen LogP contribution is 2.31. The summed E-state index contributed by atoms with van der Waals surface area (Å²) in [6.07, 6.45) is 5.22. The standard InChI is InChI=1S/C14H21N/c1-3-12-8-4-5-9-13(12)14-10-6-7-11-15(14)2/h4-5,8-9,14H,3,6-7,10-11H2,1-2H3. The van der Waals surface area contributed by atoms with Crippen LogP contribution in [0.5, 0.6) is 0 Å². The fourth-order valence-corrected chi connectivity index (χ4v) is 2.65. The highest BCUT2D eigenvalue weighted by atomic mass is 15.1. The van der Waals surface area contributed by atoms with E-state index in [2.05, 4.69) is 43.1 Å². The molecule has 1 nitrogen and oxygen atoms in total. The van der Waals surface area contributed by atoms with Gasteiger partial charge in [-0.15, -0.1) is 0 Å². The van der Waals surface area contributed by atoms with Crippen LogP contribution < -0.4 is 0 Å². The lowest BCUT2D eigenvalue weighted by Gasteiger charge is -2.34. The summed E-state index contributed by atoms with van der Waals surface area (Å²) in [7, 11) is 2.26. The van der Waals surface area contributed by atoms with Gasteiger partial charge in [0.25, 0.3) is 0 Å². The molecular formula is C14H21N. The van der Waals surface area contributed by atoms with Gasteiger partial charge in [-0.25, -0.2) is 0 Å². The lowest BCUT2D eigenvalue weighted by atomic mass is 9.91. The molecule has 1 aliphatic rings. The van der Waals surface area contributed by atoms with Crippen LogP contribution in [0.1, 0.15) is 43.4 Å². The molecule has 1 fully saturated rings. The largest absolute Gasteiger partial charge is 0.299 e. The molecule has 1 aromatic rings. The van der Waals surface area contributed by atoms with Crippen LogP contribution in [-0.2, 0) is 6.42 Å². The number of piperidine rings is 1. The molecule has 82 valence electrons. The molecule has 1 heterocycles. The molecule has 1 aliphatic heterocycles. The number of hydrogen-bond acceptors (Lipinski definition) is 1. The van der Waals surface area contributed by atoms with Crippen molar-refractivity contribution in [3.8, 4) is 0 Å². The Balaban J connectivity index is 2.26. The van der Waals surface area contributed by atoms with Crippen LogP contribution in [0.25, 0.3) is 0 Å². The number of nitrogens with zero attached hydrogens (tertiary/aromatic N) is 1. The van der Waals surface area contributed by atoms with Gasteiger partial charge in [-0.1, -0.05) is 37.6 Å². The van der Waals surface area contributed by atoms with Crippen LogP contribution in [0.4, 0.5) is 0 Å². The maximum absolute atomic E-state index is 2.51. The lowest BCUT2D eigenvalue weighted by molar-refractivity contribution is 0.186. The second-order valence-corrected chi connectivity index (χ2v) is 4.54. The Morgan fingerprint density at radius 3 is 2.80 bits per heavy atom. The first-order chi connectivity index (χ1) is 7.33. The van der Waals surface area contributed by atoms with Crippen LogP contribution in [0.2, 0.25) is 0 Å². The van der Waals surface area contributed by atoms with E-state index in [1.807, 2.05) is 0 Å². The monoisotopic (exact) mass is 203 g/mol. The van der Waals surface area contributed by atoms with Gasteiger partial charge in [0.15, 0.2) is 0 Å². The molecule has 1 saturated heterocycles. The molecule has 1 heteroatoms. The molecule has 15 heavy (non-hydrogen) atoms. The molecule has 1 atom stereocenters. The third-order valence-electron chi connectivity index (χ3n) is 3.57. The first-order valence-electron chi connectivity index (χ1n) is 6.11. The Morgan fingerprint density at radius 1 is 1.27 bits per heavy atom. The quantitative estimate of drug-likeness (QED) is 0.712. The van der Waals surface area contributed by atoms with Crippen LogP contribution in [0, 0.1) is 0 Å². The highest BCUT2D eigenvalue weighted by molar-refractivity contribution is 5.30. The fraction of sp³-hybridized carbons (Fsp3) is 0.571. The van der Waals surface area contributed by atoms with E-state index < -0.39 is 0 Å². The normalized spacial score (nSPS) is 22.9. The second-order valence-electron chi connectivity index (χ2n) is 4.54. The summed E-state index contributed by atoms with van der Waals surface area (Å²) in [6.45, 7) is 3.50. The van der Waals surface area contributed by atoms with E-state index in [1.165, 1.54) is 31.4 Å². The molecule has 2 rings (SSSR count). The van der Waals surface area contributed by atoms with Crippen molar-refractivity contribution in [3.63, 3.8) is 0 Å². The summed E-state index contributed by atoms with van der Waals surface area (Å²) >= 11 is 0. The molecule has 0 saturated carbocycles. The average molecular weight is 203 g/mol. The van der Waals surface area contributed by atoms with Gasteiger partial charge < -0.3 is 0 Å². The topological polar surface area (TPSA) is 3.24 Å². The van der Waals surface area contributed by atoms with Crippen LogP contribution >= 0.6 is 0 Å². The summed E-state index contributed by atoms with van der Waals surface area (Å²) in [5.41, 5.74) is 3.08. The number of likely N-dealkylation sites (tertiary alicyclic amines) is 1. The Morgan fingerprint density at radius 2 is 2.07 bits per heavy atom. The van der Waals surface area contributed by atoms with Crippen molar-refractivity contribution in [2.45, 2.75) is 38.6 Å². The molecular weight excluding hydrogens is 182 g/mol. The van der Waals surface area contributed by atoms with E-state index >= 15 is 0 Å². The first kappa shape index (κ1) is 10.7. The minimum Gasteiger partial charge on any atom is -0.299 e. The Kier molecular flexibility index (Phi) is 3.42. The van der Waals surface area contributed by atoms with Gasteiger partial charge in [0, 0.05) is 6.04 Å². The zero-order chi connectivity index (χ0) is 10.7. The van der Waals surface area contributed by atoms with E-state index in [0.717, 1.165) is 6.42 Å². The number of rotatable bonds is 2.